The number of carboxylic acids is 1. The maximum absolute atomic E-state index is 12.8. The number of nitrogens with one attached hydrogen (secondary N) is 1. The first-order valence-electron chi connectivity index (χ1n) is 7.77. The van der Waals surface area contributed by atoms with Gasteiger partial charge in [-0.3, -0.25) is 9.78 Å². The van der Waals surface area contributed by atoms with Gasteiger partial charge in [0.2, 0.25) is 11.1 Å². The van der Waals surface area contributed by atoms with E-state index in [1.165, 1.54) is 12.5 Å². The zero-order valence-electron chi connectivity index (χ0n) is 13.0. The normalized spacial score (nSPS) is 14.7. The van der Waals surface area contributed by atoms with Crippen molar-refractivity contribution in [2.45, 2.75) is 25.2 Å². The smallest absolute Gasteiger partial charge is 0.339 e. The molecule has 3 heterocycles. The van der Waals surface area contributed by atoms with Crippen molar-refractivity contribution < 1.29 is 14.3 Å². The number of aromatic carboxylic acids is 1. The van der Waals surface area contributed by atoms with Gasteiger partial charge in [-0.25, -0.2) is 4.79 Å². The molecular formula is C17H15N3O4. The van der Waals surface area contributed by atoms with Crippen LogP contribution < -0.4 is 10.7 Å². The number of hydrogen-bond donors (Lipinski definition) is 2. The molecular weight excluding hydrogens is 310 g/mol. The molecule has 0 unspecified atom stereocenters. The molecule has 1 fully saturated rings. The highest BCUT2D eigenvalue weighted by molar-refractivity contribution is 5.98. The van der Waals surface area contributed by atoms with Crippen LogP contribution in [0.2, 0.25) is 0 Å². The Hall–Kier alpha value is -2.96. The minimum absolute atomic E-state index is 0.0649. The lowest BCUT2D eigenvalue weighted by molar-refractivity contribution is 0.0698. The van der Waals surface area contributed by atoms with Gasteiger partial charge in [-0.2, -0.15) is 4.98 Å². The Morgan fingerprint density at radius 1 is 1.33 bits per heavy atom. The van der Waals surface area contributed by atoms with Crippen LogP contribution in [0.5, 0.6) is 0 Å². The first kappa shape index (κ1) is 14.6. The third-order valence-electron chi connectivity index (χ3n) is 4.56. The first-order chi connectivity index (χ1) is 11.6. The Morgan fingerprint density at radius 2 is 2.12 bits per heavy atom. The van der Waals surface area contributed by atoms with Crippen molar-refractivity contribution in [1.82, 2.24) is 9.97 Å². The molecule has 2 N–H and O–H groups in total. The molecule has 0 aliphatic heterocycles. The van der Waals surface area contributed by atoms with E-state index < -0.39 is 5.97 Å². The fourth-order valence-corrected chi connectivity index (χ4v) is 2.98. The Bertz CT molecular complexity index is 1040. The lowest BCUT2D eigenvalue weighted by Gasteiger charge is -2.24. The van der Waals surface area contributed by atoms with Crippen molar-refractivity contribution in [3.63, 3.8) is 0 Å². The van der Waals surface area contributed by atoms with Crippen LogP contribution in [-0.2, 0) is 0 Å². The second kappa shape index (κ2) is 5.30. The van der Waals surface area contributed by atoms with Crippen LogP contribution in [0.15, 0.2) is 27.5 Å². The summed E-state index contributed by atoms with van der Waals surface area (Å²) in [6, 6.07) is 3.07. The summed E-state index contributed by atoms with van der Waals surface area (Å²) in [6.45, 7) is 0. The molecule has 0 radical (unpaired) electrons. The van der Waals surface area contributed by atoms with E-state index in [9.17, 15) is 14.7 Å². The Balaban J connectivity index is 2.01. The number of rotatable bonds is 3. The van der Waals surface area contributed by atoms with E-state index >= 15 is 0 Å². The van der Waals surface area contributed by atoms with Crippen molar-refractivity contribution in [3.05, 3.63) is 39.8 Å². The summed E-state index contributed by atoms with van der Waals surface area (Å²) in [5.74, 6) is -0.612. The molecule has 0 saturated heterocycles. The maximum Gasteiger partial charge on any atom is 0.339 e. The van der Waals surface area contributed by atoms with E-state index in [0.29, 0.717) is 16.9 Å². The Morgan fingerprint density at radius 3 is 2.75 bits per heavy atom. The third-order valence-corrected chi connectivity index (χ3v) is 4.56. The van der Waals surface area contributed by atoms with Gasteiger partial charge < -0.3 is 14.8 Å². The van der Waals surface area contributed by atoms with Gasteiger partial charge in [0.1, 0.15) is 11.4 Å². The monoisotopic (exact) mass is 325 g/mol. The third kappa shape index (κ3) is 2.12. The van der Waals surface area contributed by atoms with Crippen molar-refractivity contribution in [3.8, 4) is 0 Å². The summed E-state index contributed by atoms with van der Waals surface area (Å²) >= 11 is 0. The number of pyridine rings is 2. The van der Waals surface area contributed by atoms with Crippen molar-refractivity contribution >= 4 is 33.9 Å². The average molecular weight is 325 g/mol. The maximum atomic E-state index is 12.8. The van der Waals surface area contributed by atoms with E-state index in [4.69, 9.17) is 4.42 Å². The molecule has 0 atom stereocenters. The van der Waals surface area contributed by atoms with Crippen LogP contribution in [0.25, 0.3) is 22.1 Å². The van der Waals surface area contributed by atoms with Gasteiger partial charge in [0.15, 0.2) is 5.58 Å². The average Bonchev–Trinajstić information content (AvgIpc) is 2.52. The molecule has 0 amide bonds. The van der Waals surface area contributed by atoms with Gasteiger partial charge in [-0.1, -0.05) is 6.42 Å². The molecule has 1 saturated carbocycles. The topological polar surface area (TPSA) is 105 Å². The zero-order valence-corrected chi connectivity index (χ0v) is 13.0. The number of carbonyl (C=O) groups is 1. The lowest BCUT2D eigenvalue weighted by Crippen LogP contribution is -2.13. The molecule has 0 bridgehead atoms. The summed E-state index contributed by atoms with van der Waals surface area (Å²) in [6.07, 6.45) is 4.88. The summed E-state index contributed by atoms with van der Waals surface area (Å²) in [4.78, 5) is 32.7. The van der Waals surface area contributed by atoms with Crippen LogP contribution in [0.4, 0.5) is 5.82 Å². The summed E-state index contributed by atoms with van der Waals surface area (Å²) in [7, 11) is 1.56. The first-order valence-corrected chi connectivity index (χ1v) is 7.77. The highest BCUT2D eigenvalue weighted by atomic mass is 16.4. The molecule has 24 heavy (non-hydrogen) atoms. The zero-order chi connectivity index (χ0) is 16.8. The standard InChI is InChI=1S/C17H15N3O4/c1-18-15-11(17(22)23)5-10-14(21)9-6-12(8-3-2-4-8)19-7-13(9)24-16(10)20-15/h5-8H,2-4H2,1H3,(H,18,20)(H,22,23). The molecule has 3 aromatic rings. The molecule has 4 rings (SSSR count). The fraction of sp³-hybridized carbons (Fsp3) is 0.294. The second-order valence-corrected chi connectivity index (χ2v) is 5.96. The SMILES string of the molecule is CNc1nc2oc3cnc(C4CCC4)cc3c(=O)c2cc1C(=O)O. The van der Waals surface area contributed by atoms with Gasteiger partial charge in [0, 0.05) is 18.7 Å². The number of fused-ring (bicyclic) bond motifs is 2. The van der Waals surface area contributed by atoms with E-state index in [0.717, 1.165) is 18.5 Å². The van der Waals surface area contributed by atoms with Crippen LogP contribution in [0.3, 0.4) is 0 Å². The molecule has 7 nitrogen and oxygen atoms in total. The van der Waals surface area contributed by atoms with Crippen LogP contribution in [0.1, 0.15) is 41.2 Å². The Labute approximate surface area is 136 Å². The fourth-order valence-electron chi connectivity index (χ4n) is 2.98. The van der Waals surface area contributed by atoms with Gasteiger partial charge in [-0.05, 0) is 25.0 Å². The molecule has 1 aliphatic carbocycles. The summed E-state index contributed by atoms with van der Waals surface area (Å²) < 4.78 is 5.68. The molecule has 0 spiro atoms. The van der Waals surface area contributed by atoms with E-state index in [1.807, 2.05) is 0 Å². The minimum atomic E-state index is -1.15. The summed E-state index contributed by atoms with van der Waals surface area (Å²) in [5.41, 5.74) is 0.990. The van der Waals surface area contributed by atoms with Gasteiger partial charge in [0.05, 0.1) is 17.0 Å². The number of aromatic nitrogens is 2. The Kier molecular flexibility index (Phi) is 3.23. The van der Waals surface area contributed by atoms with Gasteiger partial charge >= 0.3 is 5.97 Å². The van der Waals surface area contributed by atoms with Crippen LogP contribution >= 0.6 is 0 Å². The molecule has 0 aromatic carbocycles. The summed E-state index contributed by atoms with van der Waals surface area (Å²) in [5, 5.41) is 12.6. The van der Waals surface area contributed by atoms with Crippen molar-refractivity contribution in [1.29, 1.82) is 0 Å². The largest absolute Gasteiger partial charge is 0.478 e. The second-order valence-electron chi connectivity index (χ2n) is 5.96. The number of carboxylic acid groups (broad SMARTS) is 1. The predicted octanol–water partition coefficient (Wildman–Crippen LogP) is 2.74. The molecule has 122 valence electrons. The van der Waals surface area contributed by atoms with Gasteiger partial charge in [0.25, 0.3) is 0 Å². The number of nitrogens with zero attached hydrogens (tertiary/aromatic N) is 2. The molecule has 7 heteroatoms. The molecule has 1 aliphatic rings. The highest BCUT2D eigenvalue weighted by Gasteiger charge is 2.22. The minimum Gasteiger partial charge on any atom is -0.478 e. The predicted molar refractivity (Wildman–Crippen MR) is 88.7 cm³/mol. The van der Waals surface area contributed by atoms with Crippen molar-refractivity contribution in [2.75, 3.05) is 12.4 Å². The number of anilines is 1. The molecule has 3 aromatic heterocycles. The van der Waals surface area contributed by atoms with E-state index in [-0.39, 0.29) is 27.9 Å². The van der Waals surface area contributed by atoms with Crippen molar-refractivity contribution in [2.24, 2.45) is 0 Å². The van der Waals surface area contributed by atoms with Gasteiger partial charge in [-0.15, -0.1) is 0 Å². The highest BCUT2D eigenvalue weighted by Crippen LogP contribution is 2.36. The van der Waals surface area contributed by atoms with E-state index in [1.54, 1.807) is 19.3 Å². The lowest BCUT2D eigenvalue weighted by atomic mass is 9.82. The quantitative estimate of drug-likeness (QED) is 0.713. The van der Waals surface area contributed by atoms with Crippen LogP contribution in [-0.4, -0.2) is 28.1 Å². The van der Waals surface area contributed by atoms with Crippen LogP contribution in [0, 0.1) is 0 Å². The number of hydrogen-bond acceptors (Lipinski definition) is 6. The van der Waals surface area contributed by atoms with E-state index in [2.05, 4.69) is 15.3 Å².